The van der Waals surface area contributed by atoms with E-state index in [1.165, 1.54) is 0 Å². The van der Waals surface area contributed by atoms with Crippen molar-refractivity contribution in [3.63, 3.8) is 0 Å². The molecule has 1 N–H and O–H groups in total. The molecule has 0 spiro atoms. The smallest absolute Gasteiger partial charge is 0.229 e. The lowest BCUT2D eigenvalue weighted by Crippen LogP contribution is -2.28. The Hall–Kier alpha value is -3.02. The lowest BCUT2D eigenvalue weighted by molar-refractivity contribution is -0.122. The number of nitrogens with one attached hydrogen (secondary N) is 1. The van der Waals surface area contributed by atoms with Crippen LogP contribution in [0.25, 0.3) is 0 Å². The van der Waals surface area contributed by atoms with Gasteiger partial charge in [-0.2, -0.15) is 0 Å². The maximum atomic E-state index is 12.6. The second kappa shape index (κ2) is 7.91. The van der Waals surface area contributed by atoms with E-state index in [0.717, 1.165) is 5.69 Å². The molecule has 2 amide bonds. The first-order valence-electron chi connectivity index (χ1n) is 8.59. The van der Waals surface area contributed by atoms with Gasteiger partial charge in [0.2, 0.25) is 11.8 Å². The van der Waals surface area contributed by atoms with Crippen molar-refractivity contribution in [2.75, 3.05) is 30.5 Å². The summed E-state index contributed by atoms with van der Waals surface area (Å²) in [6.07, 6.45) is 0.180. The molecule has 1 aliphatic heterocycles. The van der Waals surface area contributed by atoms with Crippen LogP contribution in [0.4, 0.5) is 11.4 Å². The van der Waals surface area contributed by atoms with Crippen molar-refractivity contribution in [1.82, 2.24) is 0 Å². The second-order valence-electron chi connectivity index (χ2n) is 6.03. The molecular formula is C20H22N2O4. The van der Waals surface area contributed by atoms with Gasteiger partial charge in [0.25, 0.3) is 0 Å². The zero-order chi connectivity index (χ0) is 18.5. The molecule has 1 fully saturated rings. The Balaban J connectivity index is 1.71. The molecule has 0 aliphatic carbocycles. The second-order valence-corrected chi connectivity index (χ2v) is 6.03. The van der Waals surface area contributed by atoms with Crippen molar-refractivity contribution in [3.05, 3.63) is 48.5 Å². The van der Waals surface area contributed by atoms with Crippen LogP contribution in [0.1, 0.15) is 13.3 Å². The number of para-hydroxylation sites is 2. The number of rotatable bonds is 6. The van der Waals surface area contributed by atoms with E-state index < -0.39 is 5.92 Å². The minimum Gasteiger partial charge on any atom is -0.497 e. The van der Waals surface area contributed by atoms with Crippen LogP contribution in [0.2, 0.25) is 0 Å². The summed E-state index contributed by atoms with van der Waals surface area (Å²) in [5.41, 5.74) is 1.35. The first-order chi connectivity index (χ1) is 12.6. The zero-order valence-corrected chi connectivity index (χ0v) is 14.9. The normalized spacial score (nSPS) is 16.5. The molecule has 6 nitrogen and oxygen atoms in total. The minimum atomic E-state index is -0.414. The van der Waals surface area contributed by atoms with Crippen molar-refractivity contribution in [3.8, 4) is 11.5 Å². The Morgan fingerprint density at radius 3 is 2.81 bits per heavy atom. The van der Waals surface area contributed by atoms with Crippen LogP contribution in [-0.4, -0.2) is 32.1 Å². The predicted molar refractivity (Wildman–Crippen MR) is 99.7 cm³/mol. The van der Waals surface area contributed by atoms with Crippen molar-refractivity contribution in [1.29, 1.82) is 0 Å². The van der Waals surface area contributed by atoms with E-state index in [0.29, 0.717) is 30.3 Å². The minimum absolute atomic E-state index is 0.0727. The summed E-state index contributed by atoms with van der Waals surface area (Å²) in [6.45, 7) is 2.74. The molecule has 0 unspecified atom stereocenters. The standard InChI is InChI=1S/C20H22N2O4/c1-3-26-18-10-5-4-9-17(18)21-20(24)14-11-19(23)22(13-14)15-7-6-8-16(12-15)25-2/h4-10,12,14H,3,11,13H2,1-2H3,(H,21,24)/t14-/m1/s1. The number of hydrogen-bond donors (Lipinski definition) is 1. The van der Waals surface area contributed by atoms with Crippen LogP contribution in [-0.2, 0) is 9.59 Å². The van der Waals surface area contributed by atoms with E-state index in [-0.39, 0.29) is 18.2 Å². The molecule has 1 aliphatic rings. The third-order valence-corrected chi connectivity index (χ3v) is 4.31. The van der Waals surface area contributed by atoms with Crippen molar-refractivity contribution < 1.29 is 19.1 Å². The molecule has 0 radical (unpaired) electrons. The highest BCUT2D eigenvalue weighted by molar-refractivity contribution is 6.04. The average Bonchev–Trinajstić information content (AvgIpc) is 3.05. The van der Waals surface area contributed by atoms with E-state index >= 15 is 0 Å². The number of carbonyl (C=O) groups is 2. The molecule has 3 rings (SSSR count). The van der Waals surface area contributed by atoms with Gasteiger partial charge in [0, 0.05) is 24.7 Å². The average molecular weight is 354 g/mol. The third kappa shape index (κ3) is 3.79. The van der Waals surface area contributed by atoms with Crippen molar-refractivity contribution in [2.45, 2.75) is 13.3 Å². The highest BCUT2D eigenvalue weighted by Gasteiger charge is 2.35. The number of carbonyl (C=O) groups excluding carboxylic acids is 2. The summed E-state index contributed by atoms with van der Waals surface area (Å²) in [5.74, 6) is 0.627. The number of benzene rings is 2. The number of hydrogen-bond acceptors (Lipinski definition) is 4. The SMILES string of the molecule is CCOc1ccccc1NC(=O)[C@@H]1CC(=O)N(c2cccc(OC)c2)C1. The monoisotopic (exact) mass is 354 g/mol. The molecule has 0 bridgehead atoms. The van der Waals surface area contributed by atoms with Gasteiger partial charge in [0.15, 0.2) is 0 Å². The van der Waals surface area contributed by atoms with Gasteiger partial charge in [-0.3, -0.25) is 9.59 Å². The Bertz CT molecular complexity index is 806. The van der Waals surface area contributed by atoms with Crippen LogP contribution >= 0.6 is 0 Å². The quantitative estimate of drug-likeness (QED) is 0.866. The van der Waals surface area contributed by atoms with E-state index in [1.54, 1.807) is 24.1 Å². The van der Waals surface area contributed by atoms with E-state index in [4.69, 9.17) is 9.47 Å². The van der Waals surface area contributed by atoms with Gasteiger partial charge in [0.05, 0.1) is 25.3 Å². The number of amides is 2. The van der Waals surface area contributed by atoms with Gasteiger partial charge in [0.1, 0.15) is 11.5 Å². The Morgan fingerprint density at radius 1 is 1.23 bits per heavy atom. The maximum absolute atomic E-state index is 12.6. The van der Waals surface area contributed by atoms with Gasteiger partial charge < -0.3 is 19.7 Å². The largest absolute Gasteiger partial charge is 0.497 e. The molecule has 136 valence electrons. The summed E-state index contributed by atoms with van der Waals surface area (Å²) in [5, 5.41) is 2.88. The van der Waals surface area contributed by atoms with Gasteiger partial charge in [-0.05, 0) is 31.2 Å². The lowest BCUT2D eigenvalue weighted by atomic mass is 10.1. The Morgan fingerprint density at radius 2 is 2.04 bits per heavy atom. The maximum Gasteiger partial charge on any atom is 0.229 e. The zero-order valence-electron chi connectivity index (χ0n) is 14.9. The number of nitrogens with zero attached hydrogens (tertiary/aromatic N) is 1. The molecule has 0 saturated carbocycles. The molecule has 2 aromatic carbocycles. The molecule has 1 atom stereocenters. The summed E-state index contributed by atoms with van der Waals surface area (Å²) >= 11 is 0. The fourth-order valence-electron chi connectivity index (χ4n) is 3.00. The van der Waals surface area contributed by atoms with Crippen LogP contribution in [0.5, 0.6) is 11.5 Å². The first kappa shape index (κ1) is 17.8. The topological polar surface area (TPSA) is 67.9 Å². The number of anilines is 2. The summed E-state index contributed by atoms with van der Waals surface area (Å²) in [6, 6.07) is 14.6. The number of ether oxygens (including phenoxy) is 2. The van der Waals surface area contributed by atoms with Gasteiger partial charge in [-0.25, -0.2) is 0 Å². The van der Waals surface area contributed by atoms with Crippen LogP contribution in [0.15, 0.2) is 48.5 Å². The van der Waals surface area contributed by atoms with Gasteiger partial charge >= 0.3 is 0 Å². The fraction of sp³-hybridized carbons (Fsp3) is 0.300. The fourth-order valence-corrected chi connectivity index (χ4v) is 3.00. The van der Waals surface area contributed by atoms with Crippen LogP contribution in [0, 0.1) is 5.92 Å². The molecular weight excluding hydrogens is 332 g/mol. The van der Waals surface area contributed by atoms with Crippen molar-refractivity contribution >= 4 is 23.2 Å². The van der Waals surface area contributed by atoms with Crippen molar-refractivity contribution in [2.24, 2.45) is 5.92 Å². The summed E-state index contributed by atoms with van der Waals surface area (Å²) < 4.78 is 10.7. The van der Waals surface area contributed by atoms with Gasteiger partial charge in [-0.15, -0.1) is 0 Å². The third-order valence-electron chi connectivity index (χ3n) is 4.31. The molecule has 0 aromatic heterocycles. The van der Waals surface area contributed by atoms with Crippen LogP contribution in [0.3, 0.4) is 0 Å². The summed E-state index contributed by atoms with van der Waals surface area (Å²) in [7, 11) is 1.58. The molecule has 1 saturated heterocycles. The first-order valence-corrected chi connectivity index (χ1v) is 8.59. The van der Waals surface area contributed by atoms with Crippen LogP contribution < -0.4 is 19.7 Å². The van der Waals surface area contributed by atoms with E-state index in [2.05, 4.69) is 5.32 Å². The molecule has 1 heterocycles. The molecule has 6 heteroatoms. The predicted octanol–water partition coefficient (Wildman–Crippen LogP) is 3.09. The molecule has 26 heavy (non-hydrogen) atoms. The van der Waals surface area contributed by atoms with E-state index in [1.807, 2.05) is 43.3 Å². The number of methoxy groups -OCH3 is 1. The Labute approximate surface area is 152 Å². The highest BCUT2D eigenvalue weighted by Crippen LogP contribution is 2.30. The molecule has 2 aromatic rings. The Kier molecular flexibility index (Phi) is 5.41. The summed E-state index contributed by atoms with van der Waals surface area (Å²) in [4.78, 5) is 26.7. The van der Waals surface area contributed by atoms with Gasteiger partial charge in [-0.1, -0.05) is 18.2 Å². The van der Waals surface area contributed by atoms with E-state index in [9.17, 15) is 9.59 Å². The lowest BCUT2D eigenvalue weighted by Gasteiger charge is -2.18. The highest BCUT2D eigenvalue weighted by atomic mass is 16.5.